The molecule has 0 fully saturated rings. The zero-order valence-corrected chi connectivity index (χ0v) is 44.3. The van der Waals surface area contributed by atoms with Crippen LogP contribution in [0.3, 0.4) is 0 Å². The summed E-state index contributed by atoms with van der Waals surface area (Å²) < 4.78 is 34.8. The Morgan fingerprint density at radius 1 is 0.492 bits per heavy atom. The lowest BCUT2D eigenvalue weighted by Crippen LogP contribution is -2.37. The van der Waals surface area contributed by atoms with Gasteiger partial charge in [0, 0.05) is 13.0 Å². The first-order valence-corrected chi connectivity index (χ1v) is 28.8. The first-order chi connectivity index (χ1) is 31.6. The highest BCUT2D eigenvalue weighted by Crippen LogP contribution is 2.38. The zero-order chi connectivity index (χ0) is 47.6. The Balaban J connectivity index is 4.07. The van der Waals surface area contributed by atoms with Gasteiger partial charge >= 0.3 is 5.97 Å². The van der Waals surface area contributed by atoms with Crippen LogP contribution in [0.25, 0.3) is 0 Å². The number of unbranched alkanes of at least 4 members (excludes halogenated alkanes) is 29. The summed E-state index contributed by atoms with van der Waals surface area (Å²) >= 11 is 0. The molecule has 0 saturated carbocycles. The number of carbonyl (C=O) groups excluding carboxylic acids is 1. The number of quaternary nitrogens is 1. The second kappa shape index (κ2) is 48.9. The standard InChI is InChI=1S/C56H106NO7P/c1-6-8-10-12-14-16-18-20-22-24-26-27-28-29-30-31-32-33-35-37-39-41-43-45-47-49-56(58)64-55(54-63-65(59,60)62-52-50-57(3,4)5)53-61-51-48-46-44-42-40-38-36-34-25-23-21-19-17-15-13-11-9-7-2/h9,11,15,17,21,23-24,26,55H,6-8,10,12-14,16,18-20,22,25,27-54H2,1-5H3/b11-9-,17-15-,23-21-,26-24-. The number of carbonyl (C=O) groups is 1. The molecule has 2 atom stereocenters. The van der Waals surface area contributed by atoms with Crippen LogP contribution in [0.15, 0.2) is 48.6 Å². The minimum absolute atomic E-state index is 0.0241. The second-order valence-electron chi connectivity index (χ2n) is 19.6. The predicted molar refractivity (Wildman–Crippen MR) is 277 cm³/mol. The summed E-state index contributed by atoms with van der Waals surface area (Å²) in [5, 5.41) is 0. The molecule has 0 spiro atoms. The minimum Gasteiger partial charge on any atom is -0.756 e. The fraction of sp³-hybridized carbons (Fsp3) is 0.839. The van der Waals surface area contributed by atoms with Gasteiger partial charge in [-0.25, -0.2) is 0 Å². The molecule has 8 nitrogen and oxygen atoms in total. The van der Waals surface area contributed by atoms with Crippen LogP contribution >= 0.6 is 7.82 Å². The normalized spacial score (nSPS) is 13.9. The molecule has 65 heavy (non-hydrogen) atoms. The van der Waals surface area contributed by atoms with Crippen molar-refractivity contribution in [3.05, 3.63) is 48.6 Å². The number of rotatable bonds is 51. The Bertz CT molecular complexity index is 1180. The van der Waals surface area contributed by atoms with Gasteiger partial charge in [0.25, 0.3) is 7.82 Å². The average Bonchev–Trinajstić information content (AvgIpc) is 3.27. The van der Waals surface area contributed by atoms with Crippen LogP contribution in [-0.4, -0.2) is 70.7 Å². The molecule has 0 amide bonds. The van der Waals surface area contributed by atoms with Gasteiger partial charge in [-0.05, 0) is 70.6 Å². The van der Waals surface area contributed by atoms with E-state index in [1.165, 1.54) is 167 Å². The van der Waals surface area contributed by atoms with Crippen LogP contribution in [0.4, 0.5) is 0 Å². The molecule has 0 bridgehead atoms. The maximum absolute atomic E-state index is 12.8. The highest BCUT2D eigenvalue weighted by atomic mass is 31.2. The van der Waals surface area contributed by atoms with E-state index >= 15 is 0 Å². The maximum Gasteiger partial charge on any atom is 0.306 e. The highest BCUT2D eigenvalue weighted by molar-refractivity contribution is 7.45. The van der Waals surface area contributed by atoms with Crippen molar-refractivity contribution in [1.29, 1.82) is 0 Å². The number of hydrogen-bond acceptors (Lipinski definition) is 7. The van der Waals surface area contributed by atoms with E-state index in [1.54, 1.807) is 0 Å². The number of ether oxygens (including phenoxy) is 2. The van der Waals surface area contributed by atoms with Crippen molar-refractivity contribution in [2.75, 3.05) is 54.1 Å². The third-order valence-electron chi connectivity index (χ3n) is 11.9. The summed E-state index contributed by atoms with van der Waals surface area (Å²) in [4.78, 5) is 25.2. The van der Waals surface area contributed by atoms with Crippen molar-refractivity contribution >= 4 is 13.8 Å². The van der Waals surface area contributed by atoms with E-state index in [1.807, 2.05) is 21.1 Å². The fourth-order valence-electron chi connectivity index (χ4n) is 7.68. The van der Waals surface area contributed by atoms with Gasteiger partial charge in [-0.3, -0.25) is 9.36 Å². The summed E-state index contributed by atoms with van der Waals surface area (Å²) in [5.74, 6) is -0.335. The summed E-state index contributed by atoms with van der Waals surface area (Å²) in [5.41, 5.74) is 0. The molecule has 0 aromatic rings. The van der Waals surface area contributed by atoms with Crippen LogP contribution in [-0.2, 0) is 27.9 Å². The lowest BCUT2D eigenvalue weighted by molar-refractivity contribution is -0.870. The molecule has 0 aromatic carbocycles. The van der Waals surface area contributed by atoms with Crippen molar-refractivity contribution in [1.82, 2.24) is 0 Å². The average molecular weight is 936 g/mol. The van der Waals surface area contributed by atoms with Crippen LogP contribution in [0.5, 0.6) is 0 Å². The topological polar surface area (TPSA) is 94.1 Å². The number of phosphoric ester groups is 1. The third-order valence-corrected chi connectivity index (χ3v) is 12.8. The zero-order valence-electron chi connectivity index (χ0n) is 43.4. The van der Waals surface area contributed by atoms with Gasteiger partial charge in [0.1, 0.15) is 19.3 Å². The van der Waals surface area contributed by atoms with Crippen LogP contribution in [0.1, 0.15) is 245 Å². The molecule has 0 heterocycles. The molecule has 0 aliphatic carbocycles. The molecule has 382 valence electrons. The van der Waals surface area contributed by atoms with Crippen molar-refractivity contribution in [2.24, 2.45) is 0 Å². The number of esters is 1. The lowest BCUT2D eigenvalue weighted by Gasteiger charge is -2.28. The monoisotopic (exact) mass is 936 g/mol. The van der Waals surface area contributed by atoms with Crippen LogP contribution in [0, 0.1) is 0 Å². The predicted octanol–water partition coefficient (Wildman–Crippen LogP) is 16.4. The van der Waals surface area contributed by atoms with Gasteiger partial charge in [0.05, 0.1) is 34.4 Å². The van der Waals surface area contributed by atoms with E-state index in [9.17, 15) is 14.3 Å². The first-order valence-electron chi connectivity index (χ1n) is 27.4. The van der Waals surface area contributed by atoms with Crippen molar-refractivity contribution in [2.45, 2.75) is 251 Å². The van der Waals surface area contributed by atoms with Gasteiger partial charge < -0.3 is 27.9 Å². The Kier molecular flexibility index (Phi) is 47.7. The van der Waals surface area contributed by atoms with E-state index in [2.05, 4.69) is 62.5 Å². The SMILES string of the molecule is CC/C=C\C/C=C\C/C=C\CCCCCCCCCCOCC(COP(=O)([O-])OCC[N+](C)(C)C)OC(=O)CCCCCCCCCCCCCCC/C=C\CCCCCCCCCC. The van der Waals surface area contributed by atoms with Gasteiger partial charge in [-0.2, -0.15) is 0 Å². The largest absolute Gasteiger partial charge is 0.756 e. The van der Waals surface area contributed by atoms with E-state index in [-0.39, 0.29) is 25.8 Å². The molecular formula is C56H106NO7P. The summed E-state index contributed by atoms with van der Waals surface area (Å²) in [6.07, 6.45) is 61.5. The summed E-state index contributed by atoms with van der Waals surface area (Å²) in [6, 6.07) is 0. The van der Waals surface area contributed by atoms with E-state index in [0.29, 0.717) is 24.1 Å². The smallest absolute Gasteiger partial charge is 0.306 e. The second-order valence-corrected chi connectivity index (χ2v) is 21.0. The summed E-state index contributed by atoms with van der Waals surface area (Å²) in [6.45, 7) is 5.32. The van der Waals surface area contributed by atoms with E-state index < -0.39 is 13.9 Å². The van der Waals surface area contributed by atoms with E-state index in [0.717, 1.165) is 57.8 Å². The molecule has 9 heteroatoms. The number of allylic oxidation sites excluding steroid dienone is 8. The van der Waals surface area contributed by atoms with Crippen LogP contribution in [0.2, 0.25) is 0 Å². The van der Waals surface area contributed by atoms with Gasteiger partial charge in [0.2, 0.25) is 0 Å². The molecule has 0 aromatic heterocycles. The number of likely N-dealkylation sites (N-methyl/N-ethyl adjacent to an activating group) is 1. The Hall–Kier alpha value is -1.54. The number of nitrogens with zero attached hydrogens (tertiary/aromatic N) is 1. The Labute approximate surface area is 403 Å². The molecule has 0 N–H and O–H groups in total. The van der Waals surface area contributed by atoms with Gasteiger partial charge in [-0.1, -0.05) is 217 Å². The lowest BCUT2D eigenvalue weighted by atomic mass is 10.0. The van der Waals surface area contributed by atoms with Crippen LogP contribution < -0.4 is 4.89 Å². The van der Waals surface area contributed by atoms with E-state index in [4.69, 9.17) is 18.5 Å². The Morgan fingerprint density at radius 3 is 1.35 bits per heavy atom. The minimum atomic E-state index is -4.53. The Morgan fingerprint density at radius 2 is 0.892 bits per heavy atom. The quantitative estimate of drug-likeness (QED) is 0.0197. The molecule has 2 unspecified atom stereocenters. The molecule has 0 rings (SSSR count). The maximum atomic E-state index is 12.8. The highest BCUT2D eigenvalue weighted by Gasteiger charge is 2.20. The van der Waals surface area contributed by atoms with Gasteiger partial charge in [0.15, 0.2) is 0 Å². The van der Waals surface area contributed by atoms with Gasteiger partial charge in [-0.15, -0.1) is 0 Å². The number of phosphoric acid groups is 1. The van der Waals surface area contributed by atoms with Crippen molar-refractivity contribution in [3.8, 4) is 0 Å². The van der Waals surface area contributed by atoms with Crippen molar-refractivity contribution in [3.63, 3.8) is 0 Å². The molecule has 0 saturated heterocycles. The first kappa shape index (κ1) is 63.5. The molecule has 0 radical (unpaired) electrons. The fourth-order valence-corrected chi connectivity index (χ4v) is 8.40. The summed E-state index contributed by atoms with van der Waals surface area (Å²) in [7, 11) is 1.35. The van der Waals surface area contributed by atoms with Crippen molar-refractivity contribution < 1.29 is 37.3 Å². The third kappa shape index (κ3) is 53.3. The molecule has 0 aliphatic heterocycles. The number of hydrogen-bond donors (Lipinski definition) is 0. The molecular weight excluding hydrogens is 830 g/mol. The molecule has 0 aliphatic rings.